The van der Waals surface area contributed by atoms with Crippen molar-refractivity contribution >= 4 is 11.6 Å². The lowest BCUT2D eigenvalue weighted by Gasteiger charge is -2.27. The monoisotopic (exact) mass is 259 g/mol. The number of nitrogens with two attached hydrogens (primary N) is 1. The Morgan fingerprint density at radius 1 is 1.21 bits per heavy atom. The number of carbonyl (C=O) groups is 1. The number of anilines is 1. The van der Waals surface area contributed by atoms with Crippen molar-refractivity contribution < 1.29 is 4.79 Å². The highest BCUT2D eigenvalue weighted by Crippen LogP contribution is 2.27. The number of carbonyl (C=O) groups excluding carboxylic acids is 1. The molecule has 4 heteroatoms. The molecular formula is C15H21N3O. The quantitative estimate of drug-likeness (QED) is 0.821. The van der Waals surface area contributed by atoms with Gasteiger partial charge in [-0.3, -0.25) is 9.69 Å². The molecule has 0 saturated carbocycles. The number of hydrogen-bond donors (Lipinski definition) is 1. The second-order valence-corrected chi connectivity index (χ2v) is 5.64. The maximum atomic E-state index is 12.4. The molecule has 1 fully saturated rings. The fraction of sp³-hybridized carbons (Fsp3) is 0.533. The Morgan fingerprint density at radius 3 is 2.63 bits per heavy atom. The van der Waals surface area contributed by atoms with Gasteiger partial charge in [0.1, 0.15) is 0 Å². The van der Waals surface area contributed by atoms with Gasteiger partial charge in [-0.2, -0.15) is 0 Å². The van der Waals surface area contributed by atoms with Crippen molar-refractivity contribution in [1.82, 2.24) is 9.80 Å². The number of nitrogens with zero attached hydrogens (tertiary/aromatic N) is 2. The summed E-state index contributed by atoms with van der Waals surface area (Å²) in [5, 5.41) is 0. The molecule has 1 atom stereocenters. The van der Waals surface area contributed by atoms with Crippen LogP contribution in [0.5, 0.6) is 0 Å². The van der Waals surface area contributed by atoms with Crippen LogP contribution in [0.2, 0.25) is 0 Å². The Balaban J connectivity index is 1.69. The van der Waals surface area contributed by atoms with Crippen LogP contribution in [-0.4, -0.2) is 34.8 Å². The molecule has 1 saturated heterocycles. The molecule has 1 amide bonds. The third-order valence-electron chi connectivity index (χ3n) is 4.30. The number of nitrogen functional groups attached to an aromatic ring is 1. The third kappa shape index (κ3) is 2.32. The van der Waals surface area contributed by atoms with Crippen LogP contribution in [0, 0.1) is 0 Å². The Hall–Kier alpha value is -1.55. The van der Waals surface area contributed by atoms with Gasteiger partial charge in [-0.1, -0.05) is 6.07 Å². The largest absolute Gasteiger partial charge is 0.399 e. The lowest BCUT2D eigenvalue weighted by molar-refractivity contribution is -0.135. The van der Waals surface area contributed by atoms with Gasteiger partial charge < -0.3 is 10.6 Å². The van der Waals surface area contributed by atoms with E-state index in [1.807, 2.05) is 24.0 Å². The minimum absolute atomic E-state index is 0.0354. The molecule has 0 bridgehead atoms. The van der Waals surface area contributed by atoms with Gasteiger partial charge in [-0.05, 0) is 43.0 Å². The van der Waals surface area contributed by atoms with Crippen LogP contribution in [0.3, 0.4) is 0 Å². The van der Waals surface area contributed by atoms with Crippen molar-refractivity contribution in [3.63, 3.8) is 0 Å². The van der Waals surface area contributed by atoms with E-state index in [0.29, 0.717) is 0 Å². The number of amides is 1. The molecule has 0 spiro atoms. The summed E-state index contributed by atoms with van der Waals surface area (Å²) in [4.78, 5) is 16.7. The minimum atomic E-state index is -0.0354. The highest BCUT2D eigenvalue weighted by atomic mass is 16.2. The van der Waals surface area contributed by atoms with E-state index in [4.69, 9.17) is 5.73 Å². The summed E-state index contributed by atoms with van der Waals surface area (Å²) in [5.74, 6) is 0.276. The first kappa shape index (κ1) is 12.5. The highest BCUT2D eigenvalue weighted by Gasteiger charge is 2.31. The van der Waals surface area contributed by atoms with Crippen molar-refractivity contribution in [2.24, 2.45) is 0 Å². The molecule has 2 aliphatic rings. The summed E-state index contributed by atoms with van der Waals surface area (Å²) in [5.41, 5.74) is 9.19. The molecular weight excluding hydrogens is 238 g/mol. The molecule has 2 N–H and O–H groups in total. The van der Waals surface area contributed by atoms with Crippen LogP contribution >= 0.6 is 0 Å². The van der Waals surface area contributed by atoms with E-state index in [1.54, 1.807) is 0 Å². The van der Waals surface area contributed by atoms with Crippen LogP contribution in [0.25, 0.3) is 0 Å². The predicted molar refractivity (Wildman–Crippen MR) is 75.4 cm³/mol. The van der Waals surface area contributed by atoms with Crippen molar-refractivity contribution in [3.05, 3.63) is 29.3 Å². The van der Waals surface area contributed by atoms with Crippen molar-refractivity contribution in [3.8, 4) is 0 Å². The van der Waals surface area contributed by atoms with E-state index in [9.17, 15) is 4.79 Å². The number of rotatable bonds is 2. The molecule has 1 unspecified atom stereocenters. The lowest BCUT2D eigenvalue weighted by atomic mass is 10.1. The molecule has 0 aliphatic carbocycles. The molecule has 102 valence electrons. The van der Waals surface area contributed by atoms with Gasteiger partial charge in [0.2, 0.25) is 5.91 Å². The van der Waals surface area contributed by atoms with Crippen LogP contribution in [0.4, 0.5) is 5.69 Å². The van der Waals surface area contributed by atoms with Gasteiger partial charge in [0.25, 0.3) is 0 Å². The van der Waals surface area contributed by atoms with Gasteiger partial charge in [0, 0.05) is 31.9 Å². The Kier molecular flexibility index (Phi) is 3.19. The van der Waals surface area contributed by atoms with Crippen LogP contribution in [0.15, 0.2) is 18.2 Å². The molecule has 2 aliphatic heterocycles. The molecule has 0 aromatic heterocycles. The van der Waals surface area contributed by atoms with Crippen LogP contribution in [0.1, 0.15) is 30.9 Å². The standard InChI is InChI=1S/C15H21N3O/c1-11(15(19)17-6-2-3-7-17)18-9-12-4-5-14(16)8-13(12)10-18/h4-5,8,11H,2-3,6-7,9-10,16H2,1H3. The average molecular weight is 259 g/mol. The zero-order valence-electron chi connectivity index (χ0n) is 11.4. The Labute approximate surface area is 114 Å². The molecule has 1 aromatic rings. The smallest absolute Gasteiger partial charge is 0.239 e. The first-order chi connectivity index (χ1) is 9.15. The van der Waals surface area contributed by atoms with Gasteiger partial charge in [-0.15, -0.1) is 0 Å². The van der Waals surface area contributed by atoms with Gasteiger partial charge >= 0.3 is 0 Å². The summed E-state index contributed by atoms with van der Waals surface area (Å²) in [6.07, 6.45) is 2.30. The summed E-state index contributed by atoms with van der Waals surface area (Å²) in [6.45, 7) is 5.57. The number of likely N-dealkylation sites (tertiary alicyclic amines) is 1. The summed E-state index contributed by atoms with van der Waals surface area (Å²) < 4.78 is 0. The summed E-state index contributed by atoms with van der Waals surface area (Å²) in [6, 6.07) is 6.02. The van der Waals surface area contributed by atoms with Crippen molar-refractivity contribution in [2.45, 2.75) is 38.9 Å². The van der Waals surface area contributed by atoms with E-state index in [-0.39, 0.29) is 11.9 Å². The SMILES string of the molecule is CC(C(=O)N1CCCC1)N1Cc2ccc(N)cc2C1. The molecule has 1 aromatic carbocycles. The van der Waals surface area contributed by atoms with E-state index in [2.05, 4.69) is 11.0 Å². The minimum Gasteiger partial charge on any atom is -0.399 e. The van der Waals surface area contributed by atoms with E-state index >= 15 is 0 Å². The second kappa shape index (κ2) is 4.85. The van der Waals surface area contributed by atoms with Crippen molar-refractivity contribution in [2.75, 3.05) is 18.8 Å². The average Bonchev–Trinajstić information content (AvgIpc) is 3.05. The van der Waals surface area contributed by atoms with E-state index in [1.165, 1.54) is 11.1 Å². The van der Waals surface area contributed by atoms with Gasteiger partial charge in [0.15, 0.2) is 0 Å². The second-order valence-electron chi connectivity index (χ2n) is 5.64. The molecule has 4 nitrogen and oxygen atoms in total. The first-order valence-electron chi connectivity index (χ1n) is 7.05. The molecule has 3 rings (SSSR count). The fourth-order valence-electron chi connectivity index (χ4n) is 3.07. The maximum absolute atomic E-state index is 12.4. The van der Waals surface area contributed by atoms with Gasteiger partial charge in [0.05, 0.1) is 6.04 Å². The summed E-state index contributed by atoms with van der Waals surface area (Å²) in [7, 11) is 0. The van der Waals surface area contributed by atoms with Crippen LogP contribution < -0.4 is 5.73 Å². The zero-order valence-corrected chi connectivity index (χ0v) is 11.4. The first-order valence-corrected chi connectivity index (χ1v) is 7.05. The Morgan fingerprint density at radius 2 is 1.89 bits per heavy atom. The molecule has 0 radical (unpaired) electrons. The topological polar surface area (TPSA) is 49.6 Å². The predicted octanol–water partition coefficient (Wildman–Crippen LogP) is 1.60. The highest BCUT2D eigenvalue weighted by molar-refractivity contribution is 5.81. The third-order valence-corrected chi connectivity index (χ3v) is 4.30. The van der Waals surface area contributed by atoms with E-state index < -0.39 is 0 Å². The number of benzene rings is 1. The lowest BCUT2D eigenvalue weighted by Crippen LogP contribution is -2.44. The van der Waals surface area contributed by atoms with E-state index in [0.717, 1.165) is 44.7 Å². The van der Waals surface area contributed by atoms with Crippen molar-refractivity contribution in [1.29, 1.82) is 0 Å². The Bertz CT molecular complexity index is 494. The summed E-state index contributed by atoms with van der Waals surface area (Å²) >= 11 is 0. The molecule has 19 heavy (non-hydrogen) atoms. The number of fused-ring (bicyclic) bond motifs is 1. The normalized spacial score (nSPS) is 20.6. The maximum Gasteiger partial charge on any atom is 0.239 e. The zero-order chi connectivity index (χ0) is 13.4. The van der Waals surface area contributed by atoms with Crippen LogP contribution in [-0.2, 0) is 17.9 Å². The van der Waals surface area contributed by atoms with Gasteiger partial charge in [-0.25, -0.2) is 0 Å². The molecule has 2 heterocycles. The fourth-order valence-corrected chi connectivity index (χ4v) is 3.07. The number of hydrogen-bond acceptors (Lipinski definition) is 3.